The van der Waals surface area contributed by atoms with Crippen molar-refractivity contribution < 1.29 is 0 Å². The smallest absolute Gasteiger partial charge is 0.0639 e. The summed E-state index contributed by atoms with van der Waals surface area (Å²) in [7, 11) is 0. The molecule has 0 radical (unpaired) electrons. The standard InChI is InChI=1S/C13H16N2.ClH/c1-2-4-12-11(3-1)9-15-10-13(12)5-7-14-8-6-13;/h1-4,10,14H,5-9H2;1H. The van der Waals surface area contributed by atoms with Crippen LogP contribution in [0.4, 0.5) is 0 Å². The molecular formula is C13H17ClN2. The maximum absolute atomic E-state index is 4.54. The van der Waals surface area contributed by atoms with E-state index in [-0.39, 0.29) is 17.8 Å². The van der Waals surface area contributed by atoms with Gasteiger partial charge in [-0.25, -0.2) is 0 Å². The fraction of sp³-hybridized carbons (Fsp3) is 0.462. The number of aliphatic imine (C=N–C) groups is 1. The Kier molecular flexibility index (Phi) is 3.31. The van der Waals surface area contributed by atoms with Gasteiger partial charge in [0.05, 0.1) is 6.54 Å². The highest BCUT2D eigenvalue weighted by Crippen LogP contribution is 2.36. The Morgan fingerprint density at radius 3 is 2.69 bits per heavy atom. The average molecular weight is 237 g/mol. The number of nitrogens with one attached hydrogen (secondary N) is 1. The molecule has 0 aromatic heterocycles. The average Bonchev–Trinajstić information content (AvgIpc) is 2.31. The lowest BCUT2D eigenvalue weighted by molar-refractivity contribution is 0.396. The highest BCUT2D eigenvalue weighted by molar-refractivity contribution is 5.85. The van der Waals surface area contributed by atoms with Crippen LogP contribution in [0.1, 0.15) is 24.0 Å². The van der Waals surface area contributed by atoms with E-state index in [2.05, 4.69) is 40.8 Å². The van der Waals surface area contributed by atoms with E-state index in [0.29, 0.717) is 0 Å². The molecule has 1 aromatic rings. The van der Waals surface area contributed by atoms with Crippen LogP contribution in [0.5, 0.6) is 0 Å². The van der Waals surface area contributed by atoms with Gasteiger partial charge in [0.1, 0.15) is 0 Å². The second-order valence-electron chi connectivity index (χ2n) is 4.53. The molecule has 0 bridgehead atoms. The van der Waals surface area contributed by atoms with Crippen molar-refractivity contribution in [3.05, 3.63) is 35.4 Å². The molecule has 0 saturated carbocycles. The third-order valence-electron chi connectivity index (χ3n) is 3.65. The molecule has 2 nitrogen and oxygen atoms in total. The van der Waals surface area contributed by atoms with E-state index in [0.717, 1.165) is 19.6 Å². The van der Waals surface area contributed by atoms with Gasteiger partial charge in [0, 0.05) is 11.6 Å². The molecule has 3 rings (SSSR count). The van der Waals surface area contributed by atoms with Crippen LogP contribution in [0.2, 0.25) is 0 Å². The van der Waals surface area contributed by atoms with Crippen LogP contribution in [-0.4, -0.2) is 19.3 Å². The summed E-state index contributed by atoms with van der Waals surface area (Å²) in [5, 5.41) is 3.43. The molecular weight excluding hydrogens is 220 g/mol. The maximum atomic E-state index is 4.54. The Labute approximate surface area is 103 Å². The zero-order chi connectivity index (χ0) is 10.1. The summed E-state index contributed by atoms with van der Waals surface area (Å²) in [6.07, 6.45) is 4.58. The highest BCUT2D eigenvalue weighted by Gasteiger charge is 2.35. The lowest BCUT2D eigenvalue weighted by Crippen LogP contribution is -2.42. The van der Waals surface area contributed by atoms with Crippen molar-refractivity contribution in [1.82, 2.24) is 5.32 Å². The second-order valence-corrected chi connectivity index (χ2v) is 4.53. The Bertz CT molecular complexity index is 395. The molecule has 86 valence electrons. The van der Waals surface area contributed by atoms with Gasteiger partial charge in [-0.3, -0.25) is 4.99 Å². The van der Waals surface area contributed by atoms with Crippen molar-refractivity contribution in [3.8, 4) is 0 Å². The van der Waals surface area contributed by atoms with E-state index in [4.69, 9.17) is 0 Å². The molecule has 2 heterocycles. The zero-order valence-electron chi connectivity index (χ0n) is 9.28. The summed E-state index contributed by atoms with van der Waals surface area (Å²) in [6, 6.07) is 8.78. The van der Waals surface area contributed by atoms with Gasteiger partial charge in [0.15, 0.2) is 0 Å². The van der Waals surface area contributed by atoms with Crippen LogP contribution < -0.4 is 5.32 Å². The molecule has 0 atom stereocenters. The SMILES string of the molecule is C1=NCc2ccccc2C12CCNCC2.Cl. The van der Waals surface area contributed by atoms with Crippen LogP contribution >= 0.6 is 12.4 Å². The van der Waals surface area contributed by atoms with Crippen LogP contribution in [0.15, 0.2) is 29.3 Å². The zero-order valence-corrected chi connectivity index (χ0v) is 10.1. The third-order valence-corrected chi connectivity index (χ3v) is 3.65. The summed E-state index contributed by atoms with van der Waals surface area (Å²) in [5.41, 5.74) is 3.17. The van der Waals surface area contributed by atoms with E-state index < -0.39 is 0 Å². The van der Waals surface area contributed by atoms with Gasteiger partial charge in [-0.05, 0) is 37.1 Å². The van der Waals surface area contributed by atoms with Crippen LogP contribution in [0.25, 0.3) is 0 Å². The summed E-state index contributed by atoms with van der Waals surface area (Å²) in [5.74, 6) is 0. The van der Waals surface area contributed by atoms with Gasteiger partial charge in [-0.1, -0.05) is 24.3 Å². The van der Waals surface area contributed by atoms with Gasteiger partial charge in [0.2, 0.25) is 0 Å². The highest BCUT2D eigenvalue weighted by atomic mass is 35.5. The number of piperidine rings is 1. The largest absolute Gasteiger partial charge is 0.317 e. The lowest BCUT2D eigenvalue weighted by atomic mass is 9.71. The monoisotopic (exact) mass is 236 g/mol. The normalized spacial score (nSPS) is 21.2. The second kappa shape index (κ2) is 4.56. The quantitative estimate of drug-likeness (QED) is 0.735. The van der Waals surface area contributed by atoms with Gasteiger partial charge < -0.3 is 5.32 Å². The minimum absolute atomic E-state index is 0. The van der Waals surface area contributed by atoms with E-state index in [1.165, 1.54) is 24.0 Å². The van der Waals surface area contributed by atoms with E-state index in [9.17, 15) is 0 Å². The van der Waals surface area contributed by atoms with Crippen molar-refractivity contribution in [2.75, 3.05) is 13.1 Å². The summed E-state index contributed by atoms with van der Waals surface area (Å²) >= 11 is 0. The Morgan fingerprint density at radius 1 is 1.12 bits per heavy atom. The van der Waals surface area contributed by atoms with Crippen LogP contribution in [0, 0.1) is 0 Å². The lowest BCUT2D eigenvalue weighted by Gasteiger charge is -2.38. The van der Waals surface area contributed by atoms with Crippen LogP contribution in [-0.2, 0) is 12.0 Å². The Hall–Kier alpha value is -0.860. The van der Waals surface area contributed by atoms with E-state index in [1.807, 2.05) is 0 Å². The van der Waals surface area contributed by atoms with Crippen LogP contribution in [0.3, 0.4) is 0 Å². The van der Waals surface area contributed by atoms with Crippen molar-refractivity contribution >= 4 is 18.6 Å². The number of nitrogens with zero attached hydrogens (tertiary/aromatic N) is 1. The molecule has 1 saturated heterocycles. The number of halogens is 1. The maximum Gasteiger partial charge on any atom is 0.0639 e. The van der Waals surface area contributed by atoms with Gasteiger partial charge in [0.25, 0.3) is 0 Å². The molecule has 1 fully saturated rings. The van der Waals surface area contributed by atoms with Gasteiger partial charge >= 0.3 is 0 Å². The predicted octanol–water partition coefficient (Wildman–Crippen LogP) is 2.31. The molecule has 1 N–H and O–H groups in total. The Morgan fingerprint density at radius 2 is 1.88 bits per heavy atom. The Balaban J connectivity index is 0.000000963. The number of rotatable bonds is 0. The molecule has 1 spiro atoms. The minimum Gasteiger partial charge on any atom is -0.317 e. The molecule has 2 aliphatic rings. The first kappa shape index (κ1) is 11.6. The fourth-order valence-electron chi connectivity index (χ4n) is 2.80. The third kappa shape index (κ3) is 1.76. The number of fused-ring (bicyclic) bond motifs is 2. The molecule has 0 aliphatic carbocycles. The van der Waals surface area contributed by atoms with Crippen molar-refractivity contribution in [2.24, 2.45) is 4.99 Å². The molecule has 0 unspecified atom stereocenters. The van der Waals surface area contributed by atoms with E-state index in [1.54, 1.807) is 0 Å². The molecule has 1 aromatic carbocycles. The number of hydrogen-bond donors (Lipinski definition) is 1. The molecule has 3 heteroatoms. The molecule has 0 amide bonds. The molecule has 2 aliphatic heterocycles. The molecule has 16 heavy (non-hydrogen) atoms. The first-order chi connectivity index (χ1) is 7.41. The number of hydrogen-bond acceptors (Lipinski definition) is 2. The first-order valence-electron chi connectivity index (χ1n) is 5.71. The van der Waals surface area contributed by atoms with Crippen molar-refractivity contribution in [2.45, 2.75) is 24.8 Å². The summed E-state index contributed by atoms with van der Waals surface area (Å²) in [4.78, 5) is 4.54. The topological polar surface area (TPSA) is 24.4 Å². The first-order valence-corrected chi connectivity index (χ1v) is 5.71. The van der Waals surface area contributed by atoms with Gasteiger partial charge in [-0.15, -0.1) is 12.4 Å². The van der Waals surface area contributed by atoms with E-state index >= 15 is 0 Å². The summed E-state index contributed by atoms with van der Waals surface area (Å²) < 4.78 is 0. The van der Waals surface area contributed by atoms with Crippen molar-refractivity contribution in [3.63, 3.8) is 0 Å². The van der Waals surface area contributed by atoms with Crippen molar-refractivity contribution in [1.29, 1.82) is 0 Å². The predicted molar refractivity (Wildman–Crippen MR) is 69.7 cm³/mol. The minimum atomic E-state index is 0. The van der Waals surface area contributed by atoms with Gasteiger partial charge in [-0.2, -0.15) is 0 Å². The fourth-order valence-corrected chi connectivity index (χ4v) is 2.80. The summed E-state index contributed by atoms with van der Waals surface area (Å²) in [6.45, 7) is 3.09. The number of benzene rings is 1.